The number of aliphatic hydroxyl groups is 1. The molecule has 6 heteroatoms. The number of para-hydroxylation sites is 1. The fourth-order valence-corrected chi connectivity index (χ4v) is 7.09. The second-order valence-electron chi connectivity index (χ2n) is 13.2. The molecule has 1 atom stereocenters. The lowest BCUT2D eigenvalue weighted by molar-refractivity contribution is -0.385. The number of fused-ring (bicyclic) bond motifs is 2. The highest BCUT2D eigenvalue weighted by Crippen LogP contribution is 2.55. The van der Waals surface area contributed by atoms with Crippen LogP contribution in [-0.4, -0.2) is 22.3 Å². The molecule has 2 aromatic rings. The molecule has 43 heavy (non-hydrogen) atoms. The zero-order chi connectivity index (χ0) is 30.7. The summed E-state index contributed by atoms with van der Waals surface area (Å²) in [6.07, 6.45) is 25.5. The van der Waals surface area contributed by atoms with Gasteiger partial charge in [0.1, 0.15) is 5.75 Å². The van der Waals surface area contributed by atoms with Gasteiger partial charge in [0.2, 0.25) is 5.72 Å². The van der Waals surface area contributed by atoms with E-state index < -0.39 is 10.6 Å². The molecule has 0 saturated heterocycles. The maximum absolute atomic E-state index is 11.5. The number of non-ortho nitro benzene ring substituents is 1. The molecule has 0 aliphatic carbocycles. The standard InChI is InChI=1S/C37H54N2O4/c1-4-5-6-7-8-9-10-11-12-13-14-15-16-17-18-21-26-38-34-23-20-19-22-33(34)36(2,3)37(38)25-24-30-27-32(39(41)42)28-31(29-40)35(30)43-37/h19-20,22-25,27-28,40H,4-18,21,26,29H2,1-3H3. The van der Waals surface area contributed by atoms with E-state index in [2.05, 4.69) is 56.0 Å². The van der Waals surface area contributed by atoms with E-state index in [9.17, 15) is 15.2 Å². The number of hydrogen-bond donors (Lipinski definition) is 1. The summed E-state index contributed by atoms with van der Waals surface area (Å²) < 4.78 is 6.88. The highest BCUT2D eigenvalue weighted by atomic mass is 16.6. The summed E-state index contributed by atoms with van der Waals surface area (Å²) in [7, 11) is 0. The highest BCUT2D eigenvalue weighted by molar-refractivity contribution is 5.74. The van der Waals surface area contributed by atoms with Gasteiger partial charge in [-0.1, -0.05) is 121 Å². The Morgan fingerprint density at radius 1 is 0.837 bits per heavy atom. The van der Waals surface area contributed by atoms with Gasteiger partial charge in [0.15, 0.2) is 0 Å². The van der Waals surface area contributed by atoms with Gasteiger partial charge < -0.3 is 14.7 Å². The quantitative estimate of drug-likeness (QED) is 0.100. The van der Waals surface area contributed by atoms with Gasteiger partial charge in [-0.3, -0.25) is 10.1 Å². The van der Waals surface area contributed by atoms with Crippen LogP contribution in [0.15, 0.2) is 42.5 Å². The second kappa shape index (κ2) is 15.7. The molecule has 0 fully saturated rings. The van der Waals surface area contributed by atoms with E-state index in [4.69, 9.17) is 4.74 Å². The fraction of sp³-hybridized carbons (Fsp3) is 0.622. The molecule has 1 N–H and O–H groups in total. The summed E-state index contributed by atoms with van der Waals surface area (Å²) in [6.45, 7) is 7.24. The smallest absolute Gasteiger partial charge is 0.270 e. The Morgan fingerprint density at radius 3 is 1.95 bits per heavy atom. The minimum atomic E-state index is -0.779. The van der Waals surface area contributed by atoms with E-state index in [1.807, 2.05) is 6.08 Å². The van der Waals surface area contributed by atoms with Gasteiger partial charge in [0.05, 0.1) is 16.9 Å². The Morgan fingerprint density at radius 2 is 1.40 bits per heavy atom. The molecule has 0 radical (unpaired) electrons. The van der Waals surface area contributed by atoms with E-state index in [1.165, 1.54) is 120 Å². The van der Waals surface area contributed by atoms with Crippen molar-refractivity contribution >= 4 is 17.5 Å². The Kier molecular flexibility index (Phi) is 12.1. The van der Waals surface area contributed by atoms with E-state index >= 15 is 0 Å². The van der Waals surface area contributed by atoms with Crippen LogP contribution >= 0.6 is 0 Å². The molecule has 0 bridgehead atoms. The molecule has 0 saturated carbocycles. The monoisotopic (exact) mass is 590 g/mol. The second-order valence-corrected chi connectivity index (χ2v) is 13.2. The largest absolute Gasteiger partial charge is 0.462 e. The lowest BCUT2D eigenvalue weighted by Gasteiger charge is -2.47. The first-order valence-corrected chi connectivity index (χ1v) is 17.0. The molecule has 2 aliphatic heterocycles. The van der Waals surface area contributed by atoms with Crippen LogP contribution in [0.5, 0.6) is 5.75 Å². The first-order valence-electron chi connectivity index (χ1n) is 17.0. The van der Waals surface area contributed by atoms with Gasteiger partial charge in [-0.25, -0.2) is 0 Å². The molecular weight excluding hydrogens is 536 g/mol. The van der Waals surface area contributed by atoms with Gasteiger partial charge in [0.25, 0.3) is 5.69 Å². The number of hydrogen-bond acceptors (Lipinski definition) is 5. The van der Waals surface area contributed by atoms with Crippen molar-refractivity contribution < 1.29 is 14.8 Å². The number of aliphatic hydroxyl groups excluding tert-OH is 1. The third-order valence-corrected chi connectivity index (χ3v) is 9.71. The summed E-state index contributed by atoms with van der Waals surface area (Å²) >= 11 is 0. The highest BCUT2D eigenvalue weighted by Gasteiger charge is 2.58. The van der Waals surface area contributed by atoms with Crippen LogP contribution in [0, 0.1) is 10.1 Å². The molecule has 1 unspecified atom stereocenters. The van der Waals surface area contributed by atoms with Crippen molar-refractivity contribution in [2.75, 3.05) is 11.4 Å². The molecule has 236 valence electrons. The predicted octanol–water partition coefficient (Wildman–Crippen LogP) is 10.2. The maximum atomic E-state index is 11.5. The summed E-state index contributed by atoms with van der Waals surface area (Å²) in [5.74, 6) is 0.536. The van der Waals surface area contributed by atoms with Gasteiger partial charge in [-0.05, 0) is 44.1 Å². The summed E-state index contributed by atoms with van der Waals surface area (Å²) in [5.41, 5.74) is 2.30. The summed E-state index contributed by atoms with van der Waals surface area (Å²) in [6, 6.07) is 11.5. The Bertz CT molecular complexity index is 1220. The average molecular weight is 591 g/mol. The third kappa shape index (κ3) is 7.63. The summed E-state index contributed by atoms with van der Waals surface area (Å²) in [4.78, 5) is 13.5. The molecule has 2 aliphatic rings. The van der Waals surface area contributed by atoms with Crippen molar-refractivity contribution in [3.05, 3.63) is 69.3 Å². The van der Waals surface area contributed by atoms with E-state index in [0.717, 1.165) is 13.0 Å². The molecule has 0 aromatic heterocycles. The molecular formula is C37H54N2O4. The van der Waals surface area contributed by atoms with Crippen molar-refractivity contribution in [1.82, 2.24) is 0 Å². The summed E-state index contributed by atoms with van der Waals surface area (Å²) in [5, 5.41) is 21.6. The minimum absolute atomic E-state index is 0.0361. The first-order chi connectivity index (χ1) is 20.9. The normalized spacial score (nSPS) is 18.1. The van der Waals surface area contributed by atoms with Crippen molar-refractivity contribution in [2.45, 2.75) is 141 Å². The Hall–Kier alpha value is -2.86. The van der Waals surface area contributed by atoms with E-state index in [1.54, 1.807) is 0 Å². The Balaban J connectivity index is 1.28. The number of anilines is 1. The van der Waals surface area contributed by atoms with Gasteiger partial charge in [-0.15, -0.1) is 0 Å². The van der Waals surface area contributed by atoms with E-state index in [0.29, 0.717) is 16.9 Å². The molecule has 6 nitrogen and oxygen atoms in total. The number of unbranched alkanes of at least 4 members (excludes halogenated alkanes) is 15. The van der Waals surface area contributed by atoms with Gasteiger partial charge in [0, 0.05) is 35.5 Å². The SMILES string of the molecule is CCCCCCCCCCCCCCCCCCN1c2ccccc2C(C)(C)C12C=Cc1cc([N+](=O)[O-])cc(CO)c1O2. The third-order valence-electron chi connectivity index (χ3n) is 9.71. The number of nitro groups is 1. The van der Waals surface area contributed by atoms with Crippen LogP contribution in [0.4, 0.5) is 11.4 Å². The molecule has 0 amide bonds. The number of rotatable bonds is 19. The number of nitro benzene ring substituents is 1. The molecule has 4 rings (SSSR count). The maximum Gasteiger partial charge on any atom is 0.270 e. The lowest BCUT2D eigenvalue weighted by atomic mass is 9.76. The fourth-order valence-electron chi connectivity index (χ4n) is 7.09. The van der Waals surface area contributed by atoms with Gasteiger partial charge in [-0.2, -0.15) is 0 Å². The minimum Gasteiger partial charge on any atom is -0.462 e. The average Bonchev–Trinajstić information content (AvgIpc) is 3.18. The number of ether oxygens (including phenoxy) is 1. The van der Waals surface area contributed by atoms with Gasteiger partial charge >= 0.3 is 0 Å². The zero-order valence-electron chi connectivity index (χ0n) is 26.9. The van der Waals surface area contributed by atoms with Crippen LogP contribution in [0.2, 0.25) is 0 Å². The van der Waals surface area contributed by atoms with Crippen molar-refractivity contribution in [2.24, 2.45) is 0 Å². The van der Waals surface area contributed by atoms with Crippen molar-refractivity contribution in [3.63, 3.8) is 0 Å². The van der Waals surface area contributed by atoms with Crippen molar-refractivity contribution in [3.8, 4) is 5.75 Å². The first kappa shape index (κ1) is 33.0. The number of benzene rings is 2. The zero-order valence-corrected chi connectivity index (χ0v) is 26.9. The van der Waals surface area contributed by atoms with Crippen LogP contribution in [-0.2, 0) is 12.0 Å². The molecule has 2 heterocycles. The lowest BCUT2D eigenvalue weighted by Crippen LogP contribution is -2.59. The van der Waals surface area contributed by atoms with Crippen LogP contribution < -0.4 is 9.64 Å². The van der Waals surface area contributed by atoms with Crippen LogP contribution in [0.25, 0.3) is 6.08 Å². The Labute approximate surface area is 259 Å². The predicted molar refractivity (Wildman–Crippen MR) is 178 cm³/mol. The van der Waals surface area contributed by atoms with E-state index in [-0.39, 0.29) is 17.7 Å². The molecule has 2 aromatic carbocycles. The number of nitrogens with zero attached hydrogens (tertiary/aromatic N) is 2. The van der Waals surface area contributed by atoms with Crippen molar-refractivity contribution in [1.29, 1.82) is 0 Å². The topological polar surface area (TPSA) is 75.8 Å². The van der Waals surface area contributed by atoms with Crippen LogP contribution in [0.3, 0.4) is 0 Å². The van der Waals surface area contributed by atoms with Crippen LogP contribution in [0.1, 0.15) is 140 Å². The molecule has 1 spiro atoms.